The van der Waals surface area contributed by atoms with Gasteiger partial charge in [0.05, 0.1) is 6.54 Å². The predicted molar refractivity (Wildman–Crippen MR) is 77.0 cm³/mol. The normalized spacial score (nSPS) is 31.6. The van der Waals surface area contributed by atoms with Crippen LogP contribution in [-0.2, 0) is 13.1 Å². The van der Waals surface area contributed by atoms with Crippen LogP contribution in [-0.4, -0.2) is 39.6 Å². The van der Waals surface area contributed by atoms with E-state index in [1.807, 2.05) is 6.20 Å². The fourth-order valence-electron chi connectivity index (χ4n) is 3.81. The van der Waals surface area contributed by atoms with Crippen molar-refractivity contribution in [3.05, 3.63) is 18.2 Å². The van der Waals surface area contributed by atoms with Crippen LogP contribution >= 0.6 is 0 Å². The van der Waals surface area contributed by atoms with E-state index in [0.29, 0.717) is 6.04 Å². The second-order valence-corrected chi connectivity index (χ2v) is 6.08. The van der Waals surface area contributed by atoms with Gasteiger partial charge < -0.3 is 14.8 Å². The molecule has 0 saturated carbocycles. The highest BCUT2D eigenvalue weighted by Gasteiger charge is 2.35. The van der Waals surface area contributed by atoms with Gasteiger partial charge in [-0.25, -0.2) is 4.98 Å². The van der Waals surface area contributed by atoms with E-state index in [9.17, 15) is 0 Å². The Hall–Kier alpha value is -0.870. The molecular formula is C15H26N4. The summed E-state index contributed by atoms with van der Waals surface area (Å²) >= 11 is 0. The maximum atomic E-state index is 4.45. The smallest absolute Gasteiger partial charge is 0.122 e. The van der Waals surface area contributed by atoms with E-state index in [0.717, 1.165) is 25.2 Å². The zero-order chi connectivity index (χ0) is 13.2. The number of nitrogens with zero attached hydrogens (tertiary/aromatic N) is 3. The minimum Gasteiger partial charge on any atom is -0.334 e. The molecule has 4 nitrogen and oxygen atoms in total. The lowest BCUT2D eigenvalue weighted by Gasteiger charge is -2.47. The molecule has 0 aliphatic carbocycles. The van der Waals surface area contributed by atoms with Crippen molar-refractivity contribution >= 4 is 0 Å². The SMILES string of the molecule is CCn1ccnc1CNC1CC2CCCC(C1)N2C. The molecule has 2 atom stereocenters. The lowest BCUT2D eigenvalue weighted by atomic mass is 9.82. The number of aryl methyl sites for hydroxylation is 1. The molecule has 2 saturated heterocycles. The maximum absolute atomic E-state index is 4.45. The third-order valence-corrected chi connectivity index (χ3v) is 5.03. The van der Waals surface area contributed by atoms with Gasteiger partial charge in [-0.1, -0.05) is 6.42 Å². The number of imidazole rings is 1. The van der Waals surface area contributed by atoms with Gasteiger partial charge in [0.25, 0.3) is 0 Å². The Morgan fingerprint density at radius 1 is 1.32 bits per heavy atom. The summed E-state index contributed by atoms with van der Waals surface area (Å²) in [5, 5.41) is 3.74. The summed E-state index contributed by atoms with van der Waals surface area (Å²) in [4.78, 5) is 7.07. The monoisotopic (exact) mass is 262 g/mol. The summed E-state index contributed by atoms with van der Waals surface area (Å²) in [6.45, 7) is 4.09. The summed E-state index contributed by atoms with van der Waals surface area (Å²) in [6.07, 6.45) is 10.8. The molecule has 2 aliphatic heterocycles. The van der Waals surface area contributed by atoms with E-state index in [4.69, 9.17) is 0 Å². The van der Waals surface area contributed by atoms with Gasteiger partial charge in [0.15, 0.2) is 0 Å². The molecule has 19 heavy (non-hydrogen) atoms. The molecule has 0 amide bonds. The number of rotatable bonds is 4. The molecule has 0 radical (unpaired) electrons. The Bertz CT molecular complexity index is 400. The van der Waals surface area contributed by atoms with Crippen molar-refractivity contribution in [2.24, 2.45) is 0 Å². The highest BCUT2D eigenvalue weighted by atomic mass is 15.2. The first-order chi connectivity index (χ1) is 9.28. The highest BCUT2D eigenvalue weighted by Crippen LogP contribution is 2.32. The Balaban J connectivity index is 1.56. The summed E-state index contributed by atoms with van der Waals surface area (Å²) in [5.41, 5.74) is 0. The summed E-state index contributed by atoms with van der Waals surface area (Å²) in [5.74, 6) is 1.17. The van der Waals surface area contributed by atoms with Crippen LogP contribution in [0.2, 0.25) is 0 Å². The zero-order valence-electron chi connectivity index (χ0n) is 12.2. The quantitative estimate of drug-likeness (QED) is 0.901. The zero-order valence-corrected chi connectivity index (χ0v) is 12.2. The van der Waals surface area contributed by atoms with Gasteiger partial charge in [-0.15, -0.1) is 0 Å². The molecule has 2 aliphatic rings. The third-order valence-electron chi connectivity index (χ3n) is 5.03. The number of fused-ring (bicyclic) bond motifs is 2. The predicted octanol–water partition coefficient (Wildman–Crippen LogP) is 2.01. The molecular weight excluding hydrogens is 236 g/mol. The van der Waals surface area contributed by atoms with Crippen LogP contribution < -0.4 is 5.32 Å². The fourth-order valence-corrected chi connectivity index (χ4v) is 3.81. The third kappa shape index (κ3) is 2.70. The van der Waals surface area contributed by atoms with E-state index < -0.39 is 0 Å². The van der Waals surface area contributed by atoms with E-state index >= 15 is 0 Å². The Morgan fingerprint density at radius 2 is 2.05 bits per heavy atom. The number of hydrogen-bond donors (Lipinski definition) is 1. The number of nitrogens with one attached hydrogen (secondary N) is 1. The summed E-state index contributed by atoms with van der Waals surface area (Å²) in [7, 11) is 2.31. The molecule has 1 aromatic heterocycles. The average Bonchev–Trinajstić information content (AvgIpc) is 2.84. The summed E-state index contributed by atoms with van der Waals surface area (Å²) < 4.78 is 2.22. The van der Waals surface area contributed by atoms with Crippen LogP contribution in [0.1, 0.15) is 44.9 Å². The molecule has 3 rings (SSSR count). The van der Waals surface area contributed by atoms with E-state index in [1.165, 1.54) is 37.9 Å². The lowest BCUT2D eigenvalue weighted by molar-refractivity contribution is 0.0480. The van der Waals surface area contributed by atoms with Gasteiger partial charge in [-0.05, 0) is 39.7 Å². The van der Waals surface area contributed by atoms with E-state index in [1.54, 1.807) is 0 Å². The first kappa shape index (κ1) is 13.1. The van der Waals surface area contributed by atoms with Gasteiger partial charge in [0.2, 0.25) is 0 Å². The van der Waals surface area contributed by atoms with Gasteiger partial charge in [0, 0.05) is 37.1 Å². The first-order valence-corrected chi connectivity index (χ1v) is 7.73. The van der Waals surface area contributed by atoms with Crippen molar-refractivity contribution in [2.45, 2.75) is 70.2 Å². The van der Waals surface area contributed by atoms with Gasteiger partial charge in [-0.2, -0.15) is 0 Å². The molecule has 106 valence electrons. The van der Waals surface area contributed by atoms with Crippen molar-refractivity contribution < 1.29 is 0 Å². The molecule has 1 N–H and O–H groups in total. The van der Waals surface area contributed by atoms with Crippen molar-refractivity contribution in [1.82, 2.24) is 19.8 Å². The van der Waals surface area contributed by atoms with Gasteiger partial charge in [-0.3, -0.25) is 0 Å². The van der Waals surface area contributed by atoms with E-state index in [2.05, 4.69) is 39.9 Å². The van der Waals surface area contributed by atoms with Crippen molar-refractivity contribution in [3.63, 3.8) is 0 Å². The summed E-state index contributed by atoms with van der Waals surface area (Å²) in [6, 6.07) is 2.28. The largest absolute Gasteiger partial charge is 0.334 e. The van der Waals surface area contributed by atoms with Gasteiger partial charge in [0.1, 0.15) is 5.82 Å². The van der Waals surface area contributed by atoms with E-state index in [-0.39, 0.29) is 0 Å². The fraction of sp³-hybridized carbons (Fsp3) is 0.800. The van der Waals surface area contributed by atoms with Crippen LogP contribution in [0.25, 0.3) is 0 Å². The molecule has 0 aromatic carbocycles. The van der Waals surface area contributed by atoms with Crippen molar-refractivity contribution in [3.8, 4) is 0 Å². The standard InChI is InChI=1S/C15H26N4/c1-3-19-8-7-16-15(19)11-17-12-9-13-5-4-6-14(10-12)18(13)2/h7-8,12-14,17H,3-6,9-11H2,1-2H3. The van der Waals surface area contributed by atoms with Crippen LogP contribution in [0.5, 0.6) is 0 Å². The minimum atomic E-state index is 0.675. The lowest BCUT2D eigenvalue weighted by Crippen LogP contribution is -2.54. The molecule has 4 heteroatoms. The van der Waals surface area contributed by atoms with Crippen LogP contribution in [0.3, 0.4) is 0 Å². The maximum Gasteiger partial charge on any atom is 0.122 e. The van der Waals surface area contributed by atoms with Gasteiger partial charge >= 0.3 is 0 Å². The number of piperidine rings is 2. The second-order valence-electron chi connectivity index (χ2n) is 6.08. The van der Waals surface area contributed by atoms with Crippen LogP contribution in [0, 0.1) is 0 Å². The Kier molecular flexibility index (Phi) is 3.89. The molecule has 0 spiro atoms. The second kappa shape index (κ2) is 5.63. The van der Waals surface area contributed by atoms with Crippen molar-refractivity contribution in [2.75, 3.05) is 7.05 Å². The molecule has 1 aromatic rings. The molecule has 2 bridgehead atoms. The Labute approximate surface area is 116 Å². The van der Waals surface area contributed by atoms with Crippen LogP contribution in [0.15, 0.2) is 12.4 Å². The molecule has 3 heterocycles. The molecule has 2 fully saturated rings. The molecule has 2 unspecified atom stereocenters. The number of aromatic nitrogens is 2. The minimum absolute atomic E-state index is 0.675. The average molecular weight is 262 g/mol. The van der Waals surface area contributed by atoms with Crippen LogP contribution in [0.4, 0.5) is 0 Å². The Morgan fingerprint density at radius 3 is 2.74 bits per heavy atom. The van der Waals surface area contributed by atoms with Crippen molar-refractivity contribution in [1.29, 1.82) is 0 Å². The highest BCUT2D eigenvalue weighted by molar-refractivity contribution is 4.96. The topological polar surface area (TPSA) is 33.1 Å². The first-order valence-electron chi connectivity index (χ1n) is 7.73. The number of hydrogen-bond acceptors (Lipinski definition) is 3.